The summed E-state index contributed by atoms with van der Waals surface area (Å²) in [7, 11) is 0. The van der Waals surface area contributed by atoms with Crippen molar-refractivity contribution in [3.63, 3.8) is 0 Å². The highest BCUT2D eigenvalue weighted by Gasteiger charge is 2.25. The summed E-state index contributed by atoms with van der Waals surface area (Å²) in [6, 6.07) is 1.89. The van der Waals surface area contributed by atoms with Crippen LogP contribution in [0.1, 0.15) is 18.5 Å². The van der Waals surface area contributed by atoms with Gasteiger partial charge in [-0.2, -0.15) is 0 Å². The lowest BCUT2D eigenvalue weighted by molar-refractivity contribution is -0.141. The van der Waals surface area contributed by atoms with E-state index in [1.807, 2.05) is 17.9 Å². The molecule has 0 unspecified atom stereocenters. The van der Waals surface area contributed by atoms with E-state index in [2.05, 4.69) is 9.97 Å². The standard InChI is InChI=1S/C11H15N3O2/c1-8-5-10(13-7-12-8)14-4-2-3-9(6-14)11(15)16/h5,7,9H,2-4,6H2,1H3,(H,15,16)/t9-/m1/s1. The van der Waals surface area contributed by atoms with Gasteiger partial charge in [0.15, 0.2) is 0 Å². The Labute approximate surface area is 94.1 Å². The highest BCUT2D eigenvalue weighted by molar-refractivity contribution is 5.71. The quantitative estimate of drug-likeness (QED) is 0.809. The topological polar surface area (TPSA) is 66.3 Å². The van der Waals surface area contributed by atoms with Crippen LogP contribution in [0.3, 0.4) is 0 Å². The molecule has 0 bridgehead atoms. The third kappa shape index (κ3) is 2.29. The second kappa shape index (κ2) is 4.47. The van der Waals surface area contributed by atoms with Crippen molar-refractivity contribution in [2.45, 2.75) is 19.8 Å². The number of rotatable bonds is 2. The summed E-state index contributed by atoms with van der Waals surface area (Å²) < 4.78 is 0. The molecule has 0 saturated carbocycles. The highest BCUT2D eigenvalue weighted by atomic mass is 16.4. The Morgan fingerprint density at radius 2 is 2.38 bits per heavy atom. The van der Waals surface area contributed by atoms with E-state index in [4.69, 9.17) is 5.11 Å². The normalized spacial score (nSPS) is 20.8. The molecule has 1 aliphatic rings. The fourth-order valence-corrected chi connectivity index (χ4v) is 2.00. The van der Waals surface area contributed by atoms with Crippen molar-refractivity contribution >= 4 is 11.8 Å². The summed E-state index contributed by atoms with van der Waals surface area (Å²) in [5, 5.41) is 9.00. The number of aromatic nitrogens is 2. The van der Waals surface area contributed by atoms with E-state index in [1.165, 1.54) is 6.33 Å². The maximum atomic E-state index is 10.9. The molecule has 0 radical (unpaired) electrons. The summed E-state index contributed by atoms with van der Waals surface area (Å²) >= 11 is 0. The minimum absolute atomic E-state index is 0.274. The molecule has 86 valence electrons. The molecule has 1 aliphatic heterocycles. The second-order valence-corrected chi connectivity index (χ2v) is 4.14. The summed E-state index contributed by atoms with van der Waals surface area (Å²) in [4.78, 5) is 21.2. The number of carboxylic acid groups (broad SMARTS) is 1. The largest absolute Gasteiger partial charge is 0.481 e. The lowest BCUT2D eigenvalue weighted by atomic mass is 9.98. The Balaban J connectivity index is 2.12. The monoisotopic (exact) mass is 221 g/mol. The predicted octanol–water partition coefficient (Wildman–Crippen LogP) is 1.09. The van der Waals surface area contributed by atoms with Crippen LogP contribution in [-0.4, -0.2) is 34.1 Å². The van der Waals surface area contributed by atoms with Gasteiger partial charge in [-0.25, -0.2) is 9.97 Å². The smallest absolute Gasteiger partial charge is 0.308 e. The van der Waals surface area contributed by atoms with Gasteiger partial charge < -0.3 is 10.0 Å². The Kier molecular flexibility index (Phi) is 3.03. The third-order valence-electron chi connectivity index (χ3n) is 2.88. The molecule has 0 amide bonds. The highest BCUT2D eigenvalue weighted by Crippen LogP contribution is 2.21. The van der Waals surface area contributed by atoms with E-state index in [9.17, 15) is 4.79 Å². The molecular formula is C11H15N3O2. The van der Waals surface area contributed by atoms with Crippen LogP contribution in [0.15, 0.2) is 12.4 Å². The zero-order chi connectivity index (χ0) is 11.5. The Morgan fingerprint density at radius 3 is 3.06 bits per heavy atom. The van der Waals surface area contributed by atoms with E-state index in [1.54, 1.807) is 0 Å². The van der Waals surface area contributed by atoms with Gasteiger partial charge in [-0.05, 0) is 19.8 Å². The number of hydrogen-bond donors (Lipinski definition) is 1. The van der Waals surface area contributed by atoms with Gasteiger partial charge in [0.2, 0.25) is 0 Å². The van der Waals surface area contributed by atoms with E-state index >= 15 is 0 Å². The van der Waals surface area contributed by atoms with Crippen LogP contribution in [0.5, 0.6) is 0 Å². The fourth-order valence-electron chi connectivity index (χ4n) is 2.00. The summed E-state index contributed by atoms with van der Waals surface area (Å²) in [5.74, 6) is -0.155. The SMILES string of the molecule is Cc1cc(N2CCC[C@@H](C(=O)O)C2)ncn1. The molecule has 0 aliphatic carbocycles. The van der Waals surface area contributed by atoms with Crippen molar-refractivity contribution in [2.75, 3.05) is 18.0 Å². The van der Waals surface area contributed by atoms with Gasteiger partial charge >= 0.3 is 5.97 Å². The zero-order valence-corrected chi connectivity index (χ0v) is 9.26. The molecule has 1 aromatic heterocycles. The Bertz CT molecular complexity index is 395. The first-order valence-corrected chi connectivity index (χ1v) is 5.43. The molecular weight excluding hydrogens is 206 g/mol. The van der Waals surface area contributed by atoms with Gasteiger partial charge in [-0.3, -0.25) is 4.79 Å². The first kappa shape index (κ1) is 10.9. The average Bonchev–Trinajstić information content (AvgIpc) is 2.29. The number of anilines is 1. The third-order valence-corrected chi connectivity index (χ3v) is 2.88. The minimum Gasteiger partial charge on any atom is -0.481 e. The first-order valence-electron chi connectivity index (χ1n) is 5.43. The number of aryl methyl sites for hydroxylation is 1. The summed E-state index contributed by atoms with van der Waals surface area (Å²) in [6.45, 7) is 3.33. The van der Waals surface area contributed by atoms with Crippen LogP contribution in [0.4, 0.5) is 5.82 Å². The second-order valence-electron chi connectivity index (χ2n) is 4.14. The molecule has 2 rings (SSSR count). The van der Waals surface area contributed by atoms with Crippen molar-refractivity contribution in [2.24, 2.45) is 5.92 Å². The molecule has 1 aromatic rings. The van der Waals surface area contributed by atoms with Gasteiger partial charge in [-0.1, -0.05) is 0 Å². The lowest BCUT2D eigenvalue weighted by Gasteiger charge is -2.31. The van der Waals surface area contributed by atoms with Crippen molar-refractivity contribution in [1.82, 2.24) is 9.97 Å². The van der Waals surface area contributed by atoms with Gasteiger partial charge in [-0.15, -0.1) is 0 Å². The molecule has 2 heterocycles. The molecule has 16 heavy (non-hydrogen) atoms. The van der Waals surface area contributed by atoms with E-state index in [-0.39, 0.29) is 5.92 Å². The number of nitrogens with zero attached hydrogens (tertiary/aromatic N) is 3. The van der Waals surface area contributed by atoms with Crippen molar-refractivity contribution in [1.29, 1.82) is 0 Å². The van der Waals surface area contributed by atoms with Gasteiger partial charge in [0.05, 0.1) is 5.92 Å². The number of piperidine rings is 1. The average molecular weight is 221 g/mol. The molecule has 1 saturated heterocycles. The predicted molar refractivity (Wildman–Crippen MR) is 59.3 cm³/mol. The first-order chi connectivity index (χ1) is 7.66. The van der Waals surface area contributed by atoms with Crippen LogP contribution in [0.2, 0.25) is 0 Å². The molecule has 5 nitrogen and oxygen atoms in total. The number of carboxylic acids is 1. The van der Waals surface area contributed by atoms with Crippen molar-refractivity contribution < 1.29 is 9.90 Å². The van der Waals surface area contributed by atoms with Crippen LogP contribution in [0, 0.1) is 12.8 Å². The summed E-state index contributed by atoms with van der Waals surface area (Å²) in [6.07, 6.45) is 3.19. The molecule has 1 N–H and O–H groups in total. The number of hydrogen-bond acceptors (Lipinski definition) is 4. The minimum atomic E-state index is -0.713. The Hall–Kier alpha value is -1.65. The van der Waals surface area contributed by atoms with Gasteiger partial charge in [0, 0.05) is 24.8 Å². The van der Waals surface area contributed by atoms with E-state index in [0.717, 1.165) is 30.9 Å². The summed E-state index contributed by atoms with van der Waals surface area (Å²) in [5.41, 5.74) is 0.905. The van der Waals surface area contributed by atoms with Crippen LogP contribution < -0.4 is 4.90 Å². The molecule has 0 spiro atoms. The molecule has 0 aromatic carbocycles. The van der Waals surface area contributed by atoms with Gasteiger partial charge in [0.1, 0.15) is 12.1 Å². The van der Waals surface area contributed by atoms with Gasteiger partial charge in [0.25, 0.3) is 0 Å². The lowest BCUT2D eigenvalue weighted by Crippen LogP contribution is -2.39. The maximum Gasteiger partial charge on any atom is 0.308 e. The zero-order valence-electron chi connectivity index (χ0n) is 9.26. The maximum absolute atomic E-state index is 10.9. The van der Waals surface area contributed by atoms with Crippen molar-refractivity contribution in [3.8, 4) is 0 Å². The van der Waals surface area contributed by atoms with Crippen LogP contribution >= 0.6 is 0 Å². The number of aliphatic carboxylic acids is 1. The van der Waals surface area contributed by atoms with E-state index < -0.39 is 5.97 Å². The van der Waals surface area contributed by atoms with Crippen molar-refractivity contribution in [3.05, 3.63) is 18.1 Å². The Morgan fingerprint density at radius 1 is 1.56 bits per heavy atom. The number of carbonyl (C=O) groups is 1. The van der Waals surface area contributed by atoms with Crippen LogP contribution in [-0.2, 0) is 4.79 Å². The van der Waals surface area contributed by atoms with E-state index in [0.29, 0.717) is 6.54 Å². The molecule has 5 heteroatoms. The van der Waals surface area contributed by atoms with Crippen LogP contribution in [0.25, 0.3) is 0 Å². The fraction of sp³-hybridized carbons (Fsp3) is 0.545. The molecule has 1 atom stereocenters. The molecule has 1 fully saturated rings.